The molecule has 5 aliphatic rings. The summed E-state index contributed by atoms with van der Waals surface area (Å²) in [6, 6.07) is 0. The van der Waals surface area contributed by atoms with Crippen molar-refractivity contribution in [1.29, 1.82) is 0 Å². The Balaban J connectivity index is 1.61. The largest absolute Gasteiger partial charge is 0.352 e. The molecule has 4 aliphatic heterocycles. The molecule has 1 aliphatic carbocycles. The molecule has 1 atom stereocenters. The molecule has 2 spiro atoms. The fourth-order valence-electron chi connectivity index (χ4n) is 4.23. The predicted octanol–water partition coefficient (Wildman–Crippen LogP) is 1.34. The van der Waals surface area contributed by atoms with Crippen LogP contribution in [0.5, 0.6) is 0 Å². The third-order valence-electron chi connectivity index (χ3n) is 5.37. The van der Waals surface area contributed by atoms with Crippen molar-refractivity contribution in [3.8, 4) is 0 Å². The molecular formula is C13H22N2O. The minimum absolute atomic E-state index is 0.0369. The van der Waals surface area contributed by atoms with Gasteiger partial charge in [-0.1, -0.05) is 0 Å². The van der Waals surface area contributed by atoms with Gasteiger partial charge in [-0.3, -0.25) is 10.2 Å². The Morgan fingerprint density at radius 2 is 1.94 bits per heavy atom. The molecule has 0 radical (unpaired) electrons. The van der Waals surface area contributed by atoms with Crippen molar-refractivity contribution in [2.24, 2.45) is 5.92 Å². The van der Waals surface area contributed by atoms with Crippen molar-refractivity contribution in [3.05, 3.63) is 0 Å². The Bertz CT molecular complexity index is 294. The molecule has 1 N–H and O–H groups in total. The topological polar surface area (TPSA) is 24.5 Å². The van der Waals surface area contributed by atoms with Crippen LogP contribution in [0.15, 0.2) is 0 Å². The maximum Gasteiger partial charge on any atom is 0.135 e. The van der Waals surface area contributed by atoms with Crippen molar-refractivity contribution in [2.75, 3.05) is 26.2 Å². The quantitative estimate of drug-likeness (QED) is 0.669. The van der Waals surface area contributed by atoms with Gasteiger partial charge in [-0.15, -0.1) is 0 Å². The first-order chi connectivity index (χ1) is 7.80. The third kappa shape index (κ3) is 1.25. The van der Waals surface area contributed by atoms with E-state index in [0.717, 1.165) is 12.5 Å². The van der Waals surface area contributed by atoms with Crippen LogP contribution in [0, 0.1) is 5.92 Å². The Labute approximate surface area is 97.5 Å². The monoisotopic (exact) mass is 222 g/mol. The van der Waals surface area contributed by atoms with Crippen LogP contribution in [0.4, 0.5) is 0 Å². The van der Waals surface area contributed by atoms with Crippen molar-refractivity contribution in [3.63, 3.8) is 0 Å². The zero-order valence-electron chi connectivity index (χ0n) is 10.0. The first-order valence-electron chi connectivity index (χ1n) is 6.98. The molecule has 1 unspecified atom stereocenters. The average Bonchev–Trinajstić information content (AvgIpc) is 2.28. The highest BCUT2D eigenvalue weighted by atomic mass is 16.5. The van der Waals surface area contributed by atoms with E-state index in [1.807, 2.05) is 0 Å². The van der Waals surface area contributed by atoms with Gasteiger partial charge in [0.25, 0.3) is 0 Å². The van der Waals surface area contributed by atoms with Gasteiger partial charge in [0, 0.05) is 19.0 Å². The summed E-state index contributed by atoms with van der Waals surface area (Å²) in [5.41, 5.74) is 0.318. The van der Waals surface area contributed by atoms with Crippen LogP contribution in [0.3, 0.4) is 0 Å². The summed E-state index contributed by atoms with van der Waals surface area (Å²) in [6.07, 6.45) is 7.91. The second-order valence-electron chi connectivity index (χ2n) is 6.26. The molecule has 2 bridgehead atoms. The van der Waals surface area contributed by atoms with Gasteiger partial charge in [-0.05, 0) is 51.6 Å². The number of piperidine rings is 3. The van der Waals surface area contributed by atoms with Gasteiger partial charge in [0.2, 0.25) is 0 Å². The molecule has 90 valence electrons. The molecule has 0 amide bonds. The van der Waals surface area contributed by atoms with Gasteiger partial charge in [0.05, 0.1) is 5.60 Å². The minimum atomic E-state index is 0.0369. The first kappa shape index (κ1) is 9.86. The lowest BCUT2D eigenvalue weighted by Crippen LogP contribution is -2.73. The van der Waals surface area contributed by atoms with Gasteiger partial charge in [0.1, 0.15) is 5.72 Å². The summed E-state index contributed by atoms with van der Waals surface area (Å²) < 4.78 is 6.62. The van der Waals surface area contributed by atoms with E-state index in [0.29, 0.717) is 0 Å². The molecular weight excluding hydrogens is 200 g/mol. The van der Waals surface area contributed by atoms with Gasteiger partial charge in [-0.2, -0.15) is 0 Å². The minimum Gasteiger partial charge on any atom is -0.352 e. The Kier molecular flexibility index (Phi) is 1.98. The van der Waals surface area contributed by atoms with E-state index >= 15 is 0 Å². The van der Waals surface area contributed by atoms with Gasteiger partial charge >= 0.3 is 0 Å². The maximum absolute atomic E-state index is 6.62. The number of nitrogens with zero attached hydrogens (tertiary/aromatic N) is 1. The van der Waals surface area contributed by atoms with Crippen molar-refractivity contribution >= 4 is 0 Å². The normalized spacial score (nSPS) is 49.5. The fourth-order valence-corrected chi connectivity index (χ4v) is 4.23. The van der Waals surface area contributed by atoms with Crippen LogP contribution in [0.2, 0.25) is 0 Å². The number of fused-ring (bicyclic) bond motifs is 2. The molecule has 1 saturated carbocycles. The van der Waals surface area contributed by atoms with E-state index < -0.39 is 0 Å². The molecule has 5 fully saturated rings. The summed E-state index contributed by atoms with van der Waals surface area (Å²) in [7, 11) is 0. The summed E-state index contributed by atoms with van der Waals surface area (Å²) in [6.45, 7) is 4.90. The van der Waals surface area contributed by atoms with Crippen molar-refractivity contribution in [2.45, 2.75) is 49.9 Å². The van der Waals surface area contributed by atoms with E-state index in [9.17, 15) is 0 Å². The van der Waals surface area contributed by atoms with Crippen LogP contribution >= 0.6 is 0 Å². The Morgan fingerprint density at radius 1 is 1.12 bits per heavy atom. The average molecular weight is 222 g/mol. The lowest BCUT2D eigenvalue weighted by Gasteiger charge is -2.60. The SMILES string of the molecule is C1CC2(C1)CCNC1(CN3CCC1CC3)O2. The van der Waals surface area contributed by atoms with E-state index in [1.165, 1.54) is 58.2 Å². The zero-order chi connectivity index (χ0) is 10.6. The molecule has 3 nitrogen and oxygen atoms in total. The lowest BCUT2D eigenvalue weighted by molar-refractivity contribution is -0.277. The molecule has 4 heterocycles. The molecule has 0 aromatic rings. The van der Waals surface area contributed by atoms with Crippen LogP contribution in [-0.2, 0) is 4.74 Å². The second kappa shape index (κ2) is 3.21. The molecule has 5 rings (SSSR count). The molecule has 4 saturated heterocycles. The van der Waals surface area contributed by atoms with Crippen LogP contribution in [-0.4, -0.2) is 42.4 Å². The molecule has 3 heteroatoms. The van der Waals surface area contributed by atoms with Crippen LogP contribution < -0.4 is 5.32 Å². The van der Waals surface area contributed by atoms with Gasteiger partial charge < -0.3 is 4.74 Å². The van der Waals surface area contributed by atoms with Gasteiger partial charge in [-0.25, -0.2) is 0 Å². The number of hydrogen-bond donors (Lipinski definition) is 1. The van der Waals surface area contributed by atoms with E-state index in [4.69, 9.17) is 4.74 Å². The molecule has 0 aromatic carbocycles. The summed E-state index contributed by atoms with van der Waals surface area (Å²) >= 11 is 0. The highest BCUT2D eigenvalue weighted by Gasteiger charge is 2.55. The zero-order valence-corrected chi connectivity index (χ0v) is 10.0. The summed E-state index contributed by atoms with van der Waals surface area (Å²) in [4.78, 5) is 2.59. The van der Waals surface area contributed by atoms with Crippen molar-refractivity contribution < 1.29 is 4.74 Å². The molecule has 16 heavy (non-hydrogen) atoms. The fraction of sp³-hybridized carbons (Fsp3) is 1.00. The van der Waals surface area contributed by atoms with Crippen LogP contribution in [0.25, 0.3) is 0 Å². The standard InChI is InChI=1S/C13H22N2O/c1-4-12(5-1)6-7-14-13(16-12)10-15-8-2-11(13)3-9-15/h11,14H,1-10H2. The maximum atomic E-state index is 6.62. The second-order valence-corrected chi connectivity index (χ2v) is 6.26. The summed E-state index contributed by atoms with van der Waals surface area (Å²) in [5, 5.41) is 3.73. The predicted molar refractivity (Wildman–Crippen MR) is 62.2 cm³/mol. The third-order valence-corrected chi connectivity index (χ3v) is 5.37. The highest BCUT2D eigenvalue weighted by Crippen LogP contribution is 2.48. The van der Waals surface area contributed by atoms with Crippen LogP contribution in [0.1, 0.15) is 38.5 Å². The lowest BCUT2D eigenvalue weighted by atomic mass is 9.73. The molecule has 0 aromatic heterocycles. The smallest absolute Gasteiger partial charge is 0.135 e. The Hall–Kier alpha value is -0.120. The van der Waals surface area contributed by atoms with E-state index in [2.05, 4.69) is 10.2 Å². The van der Waals surface area contributed by atoms with Crippen molar-refractivity contribution in [1.82, 2.24) is 10.2 Å². The van der Waals surface area contributed by atoms with Gasteiger partial charge in [0.15, 0.2) is 0 Å². The Morgan fingerprint density at radius 3 is 2.50 bits per heavy atom. The summed E-state index contributed by atoms with van der Waals surface area (Å²) in [5.74, 6) is 0.773. The first-order valence-corrected chi connectivity index (χ1v) is 6.98. The van der Waals surface area contributed by atoms with E-state index in [1.54, 1.807) is 0 Å². The number of hydrogen-bond acceptors (Lipinski definition) is 3. The van der Waals surface area contributed by atoms with E-state index in [-0.39, 0.29) is 11.3 Å². The highest BCUT2D eigenvalue weighted by molar-refractivity contribution is 5.05. The number of ether oxygens (including phenoxy) is 1. The number of nitrogens with one attached hydrogen (secondary N) is 1. The number of rotatable bonds is 0.